The van der Waals surface area contributed by atoms with Gasteiger partial charge in [-0.1, -0.05) is 65.8 Å². The summed E-state index contributed by atoms with van der Waals surface area (Å²) >= 11 is 13.5. The van der Waals surface area contributed by atoms with E-state index >= 15 is 0 Å². The molecule has 0 unspecified atom stereocenters. The van der Waals surface area contributed by atoms with Crippen molar-refractivity contribution in [3.8, 4) is 6.07 Å². The number of H-pyrrole nitrogens is 1. The highest BCUT2D eigenvalue weighted by molar-refractivity contribution is 7.99. The maximum Gasteiger partial charge on any atom is 0.102 e. The molecule has 0 saturated carbocycles. The average molecular weight is 361 g/mol. The van der Waals surface area contributed by atoms with Crippen LogP contribution < -0.4 is 0 Å². The summed E-state index contributed by atoms with van der Waals surface area (Å²) in [6.45, 7) is 5.61. The fraction of sp³-hybridized carbons (Fsp3) is 0.0556. The van der Waals surface area contributed by atoms with Crippen LogP contribution in [0, 0.1) is 11.3 Å². The number of nitriles is 1. The number of nitrogens with one attached hydrogen (secondary N) is 1. The van der Waals surface area contributed by atoms with Crippen LogP contribution in [0.1, 0.15) is 18.2 Å². The lowest BCUT2D eigenvalue weighted by Crippen LogP contribution is -1.81. The van der Waals surface area contributed by atoms with Crippen molar-refractivity contribution >= 4 is 40.5 Å². The second kappa shape index (κ2) is 8.12. The van der Waals surface area contributed by atoms with Gasteiger partial charge in [-0.15, -0.1) is 0 Å². The van der Waals surface area contributed by atoms with Crippen molar-refractivity contribution in [3.63, 3.8) is 0 Å². The van der Waals surface area contributed by atoms with Crippen LogP contribution in [0.5, 0.6) is 0 Å². The van der Waals surface area contributed by atoms with Gasteiger partial charge < -0.3 is 4.98 Å². The van der Waals surface area contributed by atoms with Gasteiger partial charge in [0.2, 0.25) is 0 Å². The summed E-state index contributed by atoms with van der Waals surface area (Å²) in [5.74, 6) is 0. The molecule has 0 fully saturated rings. The van der Waals surface area contributed by atoms with Gasteiger partial charge in [0, 0.05) is 15.6 Å². The Hall–Kier alpha value is -1.86. The fourth-order valence-electron chi connectivity index (χ4n) is 1.85. The molecule has 0 aliphatic rings. The number of allylic oxidation sites excluding steroid dienone is 5. The van der Waals surface area contributed by atoms with Crippen LogP contribution in [-0.4, -0.2) is 4.98 Å². The topological polar surface area (TPSA) is 39.6 Å². The molecule has 0 aliphatic heterocycles. The number of aromatic nitrogens is 1. The normalized spacial score (nSPS) is 11.7. The Kier molecular flexibility index (Phi) is 6.18. The summed E-state index contributed by atoms with van der Waals surface area (Å²) in [6, 6.07) is 9.34. The smallest absolute Gasteiger partial charge is 0.102 e. The predicted octanol–water partition coefficient (Wildman–Crippen LogP) is 6.49. The van der Waals surface area contributed by atoms with E-state index in [1.165, 1.54) is 11.8 Å². The molecule has 0 atom stereocenters. The largest absolute Gasteiger partial charge is 0.349 e. The third kappa shape index (κ3) is 4.56. The van der Waals surface area contributed by atoms with E-state index in [0.29, 0.717) is 15.6 Å². The van der Waals surface area contributed by atoms with Crippen molar-refractivity contribution in [2.24, 2.45) is 0 Å². The van der Waals surface area contributed by atoms with E-state index in [1.807, 2.05) is 37.3 Å². The maximum atomic E-state index is 9.33. The lowest BCUT2D eigenvalue weighted by molar-refractivity contribution is 1.16. The molecule has 1 N–H and O–H groups in total. The van der Waals surface area contributed by atoms with E-state index in [-0.39, 0.29) is 0 Å². The van der Waals surface area contributed by atoms with Gasteiger partial charge in [-0.25, -0.2) is 0 Å². The molecule has 2 nitrogen and oxygen atoms in total. The zero-order valence-electron chi connectivity index (χ0n) is 12.4. The highest BCUT2D eigenvalue weighted by Gasteiger charge is 2.12. The molecule has 0 aliphatic carbocycles. The number of halogens is 2. The van der Waals surface area contributed by atoms with Crippen LogP contribution in [0.4, 0.5) is 0 Å². The van der Waals surface area contributed by atoms with E-state index in [0.717, 1.165) is 21.2 Å². The number of aromatic amines is 1. The van der Waals surface area contributed by atoms with Crippen molar-refractivity contribution < 1.29 is 0 Å². The molecule has 0 radical (unpaired) electrons. The molecule has 23 heavy (non-hydrogen) atoms. The third-order valence-corrected chi connectivity index (χ3v) is 4.79. The lowest BCUT2D eigenvalue weighted by Gasteiger charge is -2.03. The number of rotatable bonds is 5. The van der Waals surface area contributed by atoms with Crippen molar-refractivity contribution in [1.82, 2.24) is 4.98 Å². The summed E-state index contributed by atoms with van der Waals surface area (Å²) in [4.78, 5) is 4.11. The molecular weight excluding hydrogens is 347 g/mol. The predicted molar refractivity (Wildman–Crippen MR) is 99.1 cm³/mol. The Morgan fingerprint density at radius 3 is 2.74 bits per heavy atom. The van der Waals surface area contributed by atoms with Crippen molar-refractivity contribution in [1.29, 1.82) is 5.26 Å². The Morgan fingerprint density at radius 1 is 1.30 bits per heavy atom. The zero-order chi connectivity index (χ0) is 16.8. The van der Waals surface area contributed by atoms with Gasteiger partial charge in [0.05, 0.1) is 15.6 Å². The van der Waals surface area contributed by atoms with Gasteiger partial charge in [0.25, 0.3) is 0 Å². The van der Waals surface area contributed by atoms with Crippen LogP contribution in [0.15, 0.2) is 65.1 Å². The molecule has 116 valence electrons. The van der Waals surface area contributed by atoms with E-state index < -0.39 is 0 Å². The molecular formula is C18H14Cl2N2S. The molecule has 0 spiro atoms. The molecule has 5 heteroatoms. The summed E-state index contributed by atoms with van der Waals surface area (Å²) in [6.07, 6.45) is 7.42. The monoisotopic (exact) mass is 360 g/mol. The SMILES string of the molecule is C=C/C=C\C=C(/C)c1cc(C#N)c(Sc2ccc(Cl)cc2Cl)[nH]1. The Morgan fingerprint density at radius 2 is 2.09 bits per heavy atom. The number of hydrogen-bond acceptors (Lipinski definition) is 2. The standard InChI is InChI=1S/C18H14Cl2N2S/c1-3-4-5-6-12(2)16-9-13(11-21)18(22-16)23-17-8-7-14(19)10-15(17)20/h3-10,22H,1H2,2H3/b5-4-,12-6+. The molecule has 2 rings (SSSR count). The second-order valence-corrected chi connectivity index (χ2v) is 6.58. The molecule has 1 aromatic heterocycles. The number of hydrogen-bond donors (Lipinski definition) is 1. The summed E-state index contributed by atoms with van der Waals surface area (Å²) < 4.78 is 0. The van der Waals surface area contributed by atoms with Gasteiger partial charge in [-0.2, -0.15) is 5.26 Å². The number of benzene rings is 1. The zero-order valence-corrected chi connectivity index (χ0v) is 14.8. The molecule has 1 aromatic carbocycles. The first-order valence-corrected chi connectivity index (χ1v) is 8.34. The van der Waals surface area contributed by atoms with E-state index in [2.05, 4.69) is 17.6 Å². The van der Waals surface area contributed by atoms with Gasteiger partial charge in [0.1, 0.15) is 6.07 Å². The first-order chi connectivity index (χ1) is 11.0. The average Bonchev–Trinajstić information content (AvgIpc) is 2.93. The lowest BCUT2D eigenvalue weighted by atomic mass is 10.2. The van der Waals surface area contributed by atoms with Gasteiger partial charge in [0.15, 0.2) is 0 Å². The molecule has 1 heterocycles. The van der Waals surface area contributed by atoms with Gasteiger partial charge >= 0.3 is 0 Å². The quantitative estimate of drug-likeness (QED) is 0.618. The first-order valence-electron chi connectivity index (χ1n) is 6.77. The van der Waals surface area contributed by atoms with Crippen LogP contribution in [0.3, 0.4) is 0 Å². The Labute approximate surface area is 150 Å². The fourth-order valence-corrected chi connectivity index (χ4v) is 3.26. The van der Waals surface area contributed by atoms with Crippen LogP contribution in [0.25, 0.3) is 5.57 Å². The minimum Gasteiger partial charge on any atom is -0.349 e. The van der Waals surface area contributed by atoms with Gasteiger partial charge in [-0.05, 0) is 36.8 Å². The minimum atomic E-state index is 0.559. The van der Waals surface area contributed by atoms with E-state index in [4.69, 9.17) is 23.2 Å². The first kappa shape index (κ1) is 17.5. The van der Waals surface area contributed by atoms with Crippen molar-refractivity contribution in [2.75, 3.05) is 0 Å². The van der Waals surface area contributed by atoms with Gasteiger partial charge in [-0.3, -0.25) is 0 Å². The summed E-state index contributed by atoms with van der Waals surface area (Å²) in [7, 11) is 0. The molecule has 2 aromatic rings. The highest BCUT2D eigenvalue weighted by Crippen LogP contribution is 2.36. The molecule has 0 amide bonds. The summed E-state index contributed by atoms with van der Waals surface area (Å²) in [5.41, 5.74) is 2.49. The van der Waals surface area contributed by atoms with Crippen molar-refractivity contribution in [3.05, 3.63) is 76.5 Å². The van der Waals surface area contributed by atoms with Crippen molar-refractivity contribution in [2.45, 2.75) is 16.8 Å². The van der Waals surface area contributed by atoms with E-state index in [9.17, 15) is 5.26 Å². The minimum absolute atomic E-state index is 0.559. The second-order valence-electron chi connectivity index (χ2n) is 4.68. The Bertz CT molecular complexity index is 826. The third-order valence-electron chi connectivity index (χ3n) is 3.03. The highest BCUT2D eigenvalue weighted by atomic mass is 35.5. The molecule has 0 bridgehead atoms. The molecule has 0 saturated heterocycles. The van der Waals surface area contributed by atoms with Crippen LogP contribution >= 0.6 is 35.0 Å². The van der Waals surface area contributed by atoms with Crippen LogP contribution in [0.2, 0.25) is 10.0 Å². The van der Waals surface area contributed by atoms with E-state index in [1.54, 1.807) is 18.2 Å². The summed E-state index contributed by atoms with van der Waals surface area (Å²) in [5, 5.41) is 11.2. The van der Waals surface area contributed by atoms with Crippen LogP contribution in [-0.2, 0) is 0 Å². The number of nitrogens with zero attached hydrogens (tertiary/aromatic N) is 1. The maximum absolute atomic E-state index is 9.33. The Balaban J connectivity index is 2.33.